The topological polar surface area (TPSA) is 42.2 Å². The molecule has 1 aromatic rings. The van der Waals surface area contributed by atoms with Gasteiger partial charge >= 0.3 is 5.97 Å². The van der Waals surface area contributed by atoms with E-state index in [0.29, 0.717) is 6.04 Å². The Kier molecular flexibility index (Phi) is 3.55. The summed E-state index contributed by atoms with van der Waals surface area (Å²) in [5.41, 5.74) is 3.34. The van der Waals surface area contributed by atoms with Crippen LogP contribution in [0.1, 0.15) is 55.1 Å². The normalized spacial score (nSPS) is 17.3. The van der Waals surface area contributed by atoms with Crippen LogP contribution in [0.2, 0.25) is 0 Å². The lowest BCUT2D eigenvalue weighted by atomic mass is 9.95. The Morgan fingerprint density at radius 3 is 2.59 bits per heavy atom. The quantitative estimate of drug-likeness (QED) is 0.874. The number of carboxylic acids is 1. The number of hydrogen-bond donors (Lipinski definition) is 1. The monoisotopic (exact) mass is 235 g/mol. The van der Waals surface area contributed by atoms with Crippen molar-refractivity contribution in [3.8, 4) is 0 Å². The first-order valence-corrected chi connectivity index (χ1v) is 6.48. The lowest BCUT2D eigenvalue weighted by Crippen LogP contribution is -2.15. The Morgan fingerprint density at radius 2 is 2.00 bits per heavy atom. The zero-order valence-electron chi connectivity index (χ0n) is 10.7. The number of aromatic nitrogens is 1. The van der Waals surface area contributed by atoms with Gasteiger partial charge in [0.2, 0.25) is 0 Å². The molecule has 0 bridgehead atoms. The summed E-state index contributed by atoms with van der Waals surface area (Å²) in [7, 11) is 0. The summed E-state index contributed by atoms with van der Waals surface area (Å²) in [4.78, 5) is 10.8. The standard InChI is InChI=1S/C14H21NO2/c1-10-8-12(9-14(16)17)11(2)15(10)13-6-4-3-5-7-13/h8,13H,3-7,9H2,1-2H3,(H,16,17). The highest BCUT2D eigenvalue weighted by Gasteiger charge is 2.20. The van der Waals surface area contributed by atoms with Gasteiger partial charge in [-0.15, -0.1) is 0 Å². The molecule has 1 saturated carbocycles. The average Bonchev–Trinajstić information content (AvgIpc) is 2.54. The van der Waals surface area contributed by atoms with Gasteiger partial charge in [0.05, 0.1) is 6.42 Å². The van der Waals surface area contributed by atoms with Crippen molar-refractivity contribution >= 4 is 5.97 Å². The molecule has 1 aromatic heterocycles. The van der Waals surface area contributed by atoms with E-state index in [1.165, 1.54) is 37.8 Å². The molecule has 0 saturated heterocycles. The third-order valence-electron chi connectivity index (χ3n) is 3.87. The number of nitrogens with zero attached hydrogens (tertiary/aromatic N) is 1. The minimum absolute atomic E-state index is 0.145. The lowest BCUT2D eigenvalue weighted by molar-refractivity contribution is -0.136. The minimum atomic E-state index is -0.742. The van der Waals surface area contributed by atoms with Crippen LogP contribution in [-0.2, 0) is 11.2 Å². The number of aliphatic carboxylic acids is 1. The summed E-state index contributed by atoms with van der Waals surface area (Å²) < 4.78 is 2.36. The van der Waals surface area contributed by atoms with E-state index < -0.39 is 5.97 Å². The molecule has 1 aliphatic rings. The van der Waals surface area contributed by atoms with Crippen LogP contribution in [0.25, 0.3) is 0 Å². The van der Waals surface area contributed by atoms with Crippen molar-refractivity contribution in [1.29, 1.82) is 0 Å². The molecule has 0 spiro atoms. The molecule has 17 heavy (non-hydrogen) atoms. The van der Waals surface area contributed by atoms with E-state index in [-0.39, 0.29) is 6.42 Å². The van der Waals surface area contributed by atoms with Crippen molar-refractivity contribution in [3.05, 3.63) is 23.0 Å². The molecule has 1 N–H and O–H groups in total. The molecule has 0 unspecified atom stereocenters. The first-order valence-electron chi connectivity index (χ1n) is 6.48. The molecular weight excluding hydrogens is 214 g/mol. The molecule has 1 aliphatic carbocycles. The van der Waals surface area contributed by atoms with E-state index in [4.69, 9.17) is 5.11 Å². The van der Waals surface area contributed by atoms with Crippen LogP contribution in [0, 0.1) is 13.8 Å². The predicted octanol–water partition coefficient (Wildman–Crippen LogP) is 3.24. The largest absolute Gasteiger partial charge is 0.481 e. The highest BCUT2D eigenvalue weighted by molar-refractivity contribution is 5.70. The fraction of sp³-hybridized carbons (Fsp3) is 0.643. The summed E-state index contributed by atoms with van der Waals surface area (Å²) in [6.07, 6.45) is 6.57. The Hall–Kier alpha value is -1.25. The van der Waals surface area contributed by atoms with Crippen LogP contribution in [0.3, 0.4) is 0 Å². The van der Waals surface area contributed by atoms with Crippen LogP contribution in [0.5, 0.6) is 0 Å². The van der Waals surface area contributed by atoms with Gasteiger partial charge in [-0.3, -0.25) is 4.79 Å². The van der Waals surface area contributed by atoms with Gasteiger partial charge in [0.25, 0.3) is 0 Å². The first-order chi connectivity index (χ1) is 8.09. The Morgan fingerprint density at radius 1 is 1.35 bits per heavy atom. The van der Waals surface area contributed by atoms with Crippen LogP contribution in [0.4, 0.5) is 0 Å². The van der Waals surface area contributed by atoms with E-state index >= 15 is 0 Å². The van der Waals surface area contributed by atoms with E-state index in [0.717, 1.165) is 11.3 Å². The zero-order valence-corrected chi connectivity index (χ0v) is 10.7. The maximum atomic E-state index is 10.8. The molecule has 3 heteroatoms. The van der Waals surface area contributed by atoms with Crippen molar-refractivity contribution in [3.63, 3.8) is 0 Å². The molecule has 1 fully saturated rings. The maximum absolute atomic E-state index is 10.8. The van der Waals surface area contributed by atoms with Gasteiger partial charge in [0.15, 0.2) is 0 Å². The second-order valence-corrected chi connectivity index (χ2v) is 5.13. The van der Waals surface area contributed by atoms with Gasteiger partial charge in [-0.1, -0.05) is 19.3 Å². The summed E-state index contributed by atoms with van der Waals surface area (Å²) >= 11 is 0. The van der Waals surface area contributed by atoms with E-state index in [1.807, 2.05) is 6.07 Å². The Bertz CT molecular complexity index is 414. The lowest BCUT2D eigenvalue weighted by Gasteiger charge is -2.26. The summed E-state index contributed by atoms with van der Waals surface area (Å²) in [6, 6.07) is 2.63. The van der Waals surface area contributed by atoms with E-state index in [9.17, 15) is 4.79 Å². The first kappa shape index (κ1) is 12.2. The predicted molar refractivity (Wildman–Crippen MR) is 67.4 cm³/mol. The van der Waals surface area contributed by atoms with Crippen molar-refractivity contribution in [2.24, 2.45) is 0 Å². The van der Waals surface area contributed by atoms with Gasteiger partial charge in [-0.25, -0.2) is 0 Å². The maximum Gasteiger partial charge on any atom is 0.307 e. The van der Waals surface area contributed by atoms with Crippen molar-refractivity contribution < 1.29 is 9.90 Å². The summed E-state index contributed by atoms with van der Waals surface area (Å²) in [6.45, 7) is 4.15. The number of rotatable bonds is 3. The van der Waals surface area contributed by atoms with Crippen molar-refractivity contribution in [1.82, 2.24) is 4.57 Å². The SMILES string of the molecule is Cc1cc(CC(=O)O)c(C)n1C1CCCCC1. The summed E-state index contributed by atoms with van der Waals surface area (Å²) in [5, 5.41) is 8.89. The van der Waals surface area contributed by atoms with Gasteiger partial charge < -0.3 is 9.67 Å². The molecule has 0 radical (unpaired) electrons. The van der Waals surface area contributed by atoms with Crippen LogP contribution in [0.15, 0.2) is 6.07 Å². The third-order valence-corrected chi connectivity index (χ3v) is 3.87. The number of hydrogen-bond acceptors (Lipinski definition) is 1. The second kappa shape index (κ2) is 4.94. The minimum Gasteiger partial charge on any atom is -0.481 e. The molecule has 94 valence electrons. The average molecular weight is 235 g/mol. The third kappa shape index (κ3) is 2.54. The number of carboxylic acid groups (broad SMARTS) is 1. The van der Waals surface area contributed by atoms with E-state index in [1.54, 1.807) is 0 Å². The molecule has 0 atom stereocenters. The highest BCUT2D eigenvalue weighted by Crippen LogP contribution is 2.32. The summed E-state index contributed by atoms with van der Waals surface area (Å²) in [5.74, 6) is -0.742. The van der Waals surface area contributed by atoms with Gasteiger partial charge in [0.1, 0.15) is 0 Å². The van der Waals surface area contributed by atoms with Crippen LogP contribution >= 0.6 is 0 Å². The van der Waals surface area contributed by atoms with E-state index in [2.05, 4.69) is 18.4 Å². The Labute approximate surface area is 102 Å². The zero-order chi connectivity index (χ0) is 12.4. The number of aryl methyl sites for hydroxylation is 1. The van der Waals surface area contributed by atoms with Crippen LogP contribution in [-0.4, -0.2) is 15.6 Å². The molecule has 3 nitrogen and oxygen atoms in total. The second-order valence-electron chi connectivity index (χ2n) is 5.13. The van der Waals surface area contributed by atoms with Gasteiger partial charge in [-0.05, 0) is 38.3 Å². The molecule has 1 heterocycles. The van der Waals surface area contributed by atoms with Gasteiger partial charge in [0, 0.05) is 17.4 Å². The highest BCUT2D eigenvalue weighted by atomic mass is 16.4. The fourth-order valence-corrected chi connectivity index (χ4v) is 3.09. The molecule has 2 rings (SSSR count). The molecule has 0 aromatic carbocycles. The van der Waals surface area contributed by atoms with Crippen molar-refractivity contribution in [2.45, 2.75) is 58.4 Å². The van der Waals surface area contributed by atoms with Crippen LogP contribution < -0.4 is 0 Å². The van der Waals surface area contributed by atoms with Gasteiger partial charge in [-0.2, -0.15) is 0 Å². The van der Waals surface area contributed by atoms with Crippen molar-refractivity contribution in [2.75, 3.05) is 0 Å². The Balaban J connectivity index is 2.26. The fourth-order valence-electron chi connectivity index (χ4n) is 3.09. The smallest absolute Gasteiger partial charge is 0.307 e. The molecule has 0 aliphatic heterocycles. The molecular formula is C14H21NO2. The number of carbonyl (C=O) groups is 1. The molecule has 0 amide bonds.